The van der Waals surface area contributed by atoms with Crippen LogP contribution in [0, 0.1) is 0 Å². The third-order valence-electron chi connectivity index (χ3n) is 2.86. The quantitative estimate of drug-likeness (QED) is 0.673. The van der Waals surface area contributed by atoms with Crippen LogP contribution in [0.4, 0.5) is 11.4 Å². The first kappa shape index (κ1) is 13.1. The van der Waals surface area contributed by atoms with E-state index in [4.69, 9.17) is 5.26 Å². The molecule has 19 heavy (non-hydrogen) atoms. The molecule has 0 unspecified atom stereocenters. The molecular formula is C15H15NO3. The highest BCUT2D eigenvalue weighted by molar-refractivity contribution is 5.90. The van der Waals surface area contributed by atoms with Crippen LogP contribution in [0.25, 0.3) is 0 Å². The Hall–Kier alpha value is -2.33. The molecule has 0 spiro atoms. The first-order valence-electron chi connectivity index (χ1n) is 6.04. The summed E-state index contributed by atoms with van der Waals surface area (Å²) in [6.07, 6.45) is 0. The van der Waals surface area contributed by atoms with Crippen LogP contribution in [0.5, 0.6) is 0 Å². The number of carbonyl (C=O) groups is 1. The lowest BCUT2D eigenvalue weighted by atomic mass is 10.1. The molecule has 0 radical (unpaired) electrons. The van der Waals surface area contributed by atoms with E-state index in [-0.39, 0.29) is 0 Å². The zero-order valence-corrected chi connectivity index (χ0v) is 10.6. The first-order chi connectivity index (χ1) is 9.26. The molecule has 0 fully saturated rings. The smallest absolute Gasteiger partial charge is 0.342 e. The number of para-hydroxylation sites is 1. The van der Waals surface area contributed by atoms with Crippen molar-refractivity contribution in [1.82, 2.24) is 0 Å². The Bertz CT molecular complexity index is 554. The van der Waals surface area contributed by atoms with Crippen LogP contribution in [-0.4, -0.2) is 17.8 Å². The van der Waals surface area contributed by atoms with Gasteiger partial charge in [-0.15, -0.1) is 0 Å². The van der Waals surface area contributed by atoms with E-state index in [0.717, 1.165) is 17.9 Å². The van der Waals surface area contributed by atoms with Crippen LogP contribution in [0.3, 0.4) is 0 Å². The SMILES string of the molecule is CCN(c1ccccc1)c1cccc(C(=O)OO)c1. The number of carbonyl (C=O) groups excluding carboxylic acids is 1. The van der Waals surface area contributed by atoms with Gasteiger partial charge in [-0.25, -0.2) is 4.79 Å². The zero-order valence-electron chi connectivity index (χ0n) is 10.6. The van der Waals surface area contributed by atoms with Gasteiger partial charge in [-0.3, -0.25) is 4.89 Å². The molecule has 1 N–H and O–H groups in total. The fraction of sp³-hybridized carbons (Fsp3) is 0.133. The Balaban J connectivity index is 2.36. The molecule has 0 aromatic heterocycles. The Morgan fingerprint density at radius 3 is 2.42 bits per heavy atom. The third kappa shape index (κ3) is 2.92. The molecule has 98 valence electrons. The molecule has 0 amide bonds. The van der Waals surface area contributed by atoms with E-state index in [0.29, 0.717) is 5.56 Å². The van der Waals surface area contributed by atoms with Gasteiger partial charge in [0.1, 0.15) is 0 Å². The van der Waals surface area contributed by atoms with Crippen LogP contribution < -0.4 is 4.90 Å². The summed E-state index contributed by atoms with van der Waals surface area (Å²) in [4.78, 5) is 17.1. The lowest BCUT2D eigenvalue weighted by Gasteiger charge is -2.23. The van der Waals surface area contributed by atoms with E-state index in [2.05, 4.69) is 9.79 Å². The normalized spacial score (nSPS) is 10.0. The third-order valence-corrected chi connectivity index (χ3v) is 2.86. The van der Waals surface area contributed by atoms with Gasteiger partial charge in [0.25, 0.3) is 0 Å². The topological polar surface area (TPSA) is 49.8 Å². The van der Waals surface area contributed by atoms with Gasteiger partial charge in [0.2, 0.25) is 0 Å². The second-order valence-electron chi connectivity index (χ2n) is 4.01. The van der Waals surface area contributed by atoms with Crippen molar-refractivity contribution in [1.29, 1.82) is 0 Å². The summed E-state index contributed by atoms with van der Waals surface area (Å²) in [7, 11) is 0. The van der Waals surface area contributed by atoms with Crippen LogP contribution in [0.15, 0.2) is 54.6 Å². The number of rotatable bonds is 4. The maximum Gasteiger partial charge on any atom is 0.372 e. The number of hydrogen-bond donors (Lipinski definition) is 1. The van der Waals surface area contributed by atoms with Gasteiger partial charge in [0.05, 0.1) is 5.56 Å². The molecule has 2 aromatic rings. The number of anilines is 2. The predicted molar refractivity (Wildman–Crippen MR) is 73.6 cm³/mol. The highest BCUT2D eigenvalue weighted by Crippen LogP contribution is 2.25. The molecule has 0 aliphatic rings. The van der Waals surface area contributed by atoms with Gasteiger partial charge in [-0.2, -0.15) is 5.26 Å². The van der Waals surface area contributed by atoms with Crippen LogP contribution in [0.2, 0.25) is 0 Å². The minimum Gasteiger partial charge on any atom is -0.342 e. The first-order valence-corrected chi connectivity index (χ1v) is 6.04. The maximum atomic E-state index is 11.3. The van der Waals surface area contributed by atoms with Crippen molar-refractivity contribution in [2.75, 3.05) is 11.4 Å². The van der Waals surface area contributed by atoms with Crippen LogP contribution >= 0.6 is 0 Å². The van der Waals surface area contributed by atoms with E-state index >= 15 is 0 Å². The van der Waals surface area contributed by atoms with Crippen molar-refractivity contribution >= 4 is 17.3 Å². The van der Waals surface area contributed by atoms with Gasteiger partial charge >= 0.3 is 5.97 Å². The summed E-state index contributed by atoms with van der Waals surface area (Å²) in [6, 6.07) is 16.8. The Morgan fingerprint density at radius 1 is 1.11 bits per heavy atom. The summed E-state index contributed by atoms with van der Waals surface area (Å²) in [5.74, 6) is -0.758. The molecule has 0 aliphatic heterocycles. The lowest BCUT2D eigenvalue weighted by Crippen LogP contribution is -2.16. The zero-order chi connectivity index (χ0) is 13.7. The van der Waals surface area contributed by atoms with Crippen molar-refractivity contribution in [2.24, 2.45) is 0 Å². The molecule has 0 bridgehead atoms. The second-order valence-corrected chi connectivity index (χ2v) is 4.01. The molecule has 2 aromatic carbocycles. The van der Waals surface area contributed by atoms with Gasteiger partial charge in [-0.05, 0) is 37.3 Å². The maximum absolute atomic E-state index is 11.3. The van der Waals surface area contributed by atoms with Gasteiger partial charge in [0, 0.05) is 17.9 Å². The lowest BCUT2D eigenvalue weighted by molar-refractivity contribution is -0.182. The van der Waals surface area contributed by atoms with Gasteiger partial charge < -0.3 is 4.90 Å². The molecule has 4 nitrogen and oxygen atoms in total. The minimum atomic E-state index is -0.758. The highest BCUT2D eigenvalue weighted by atomic mass is 17.1. The van der Waals surface area contributed by atoms with E-state index < -0.39 is 5.97 Å². The molecule has 0 atom stereocenters. The second kappa shape index (κ2) is 6.02. The Labute approximate surface area is 111 Å². The summed E-state index contributed by atoms with van der Waals surface area (Å²) in [5.41, 5.74) is 2.23. The largest absolute Gasteiger partial charge is 0.372 e. The highest BCUT2D eigenvalue weighted by Gasteiger charge is 2.11. The molecule has 0 aliphatic carbocycles. The summed E-state index contributed by atoms with van der Waals surface area (Å²) >= 11 is 0. The van der Waals surface area contributed by atoms with Gasteiger partial charge in [-0.1, -0.05) is 24.3 Å². The number of benzene rings is 2. The summed E-state index contributed by atoms with van der Waals surface area (Å²) < 4.78 is 0. The fourth-order valence-electron chi connectivity index (χ4n) is 1.98. The van der Waals surface area contributed by atoms with Crippen molar-refractivity contribution < 1.29 is 14.9 Å². The number of hydrogen-bond acceptors (Lipinski definition) is 4. The van der Waals surface area contributed by atoms with E-state index in [1.165, 1.54) is 0 Å². The average Bonchev–Trinajstić information content (AvgIpc) is 2.48. The molecule has 0 heterocycles. The minimum absolute atomic E-state index is 0.314. The standard InChI is InChI=1S/C15H15NO3/c1-2-16(13-8-4-3-5-9-13)14-10-6-7-12(11-14)15(17)19-18/h3-11,18H,2H2,1H3. The van der Waals surface area contributed by atoms with Crippen molar-refractivity contribution in [2.45, 2.75) is 6.92 Å². The van der Waals surface area contributed by atoms with Crippen LogP contribution in [-0.2, 0) is 4.89 Å². The van der Waals surface area contributed by atoms with Crippen LogP contribution in [0.1, 0.15) is 17.3 Å². The predicted octanol–water partition coefficient (Wildman–Crippen LogP) is 3.47. The van der Waals surface area contributed by atoms with E-state index in [9.17, 15) is 4.79 Å². The average molecular weight is 257 g/mol. The van der Waals surface area contributed by atoms with E-state index in [1.807, 2.05) is 43.3 Å². The molecule has 0 saturated heterocycles. The summed E-state index contributed by atoms with van der Waals surface area (Å²) in [6.45, 7) is 2.80. The molecule has 4 heteroatoms. The molecular weight excluding hydrogens is 242 g/mol. The van der Waals surface area contributed by atoms with Crippen molar-refractivity contribution in [3.8, 4) is 0 Å². The monoisotopic (exact) mass is 257 g/mol. The van der Waals surface area contributed by atoms with Crippen molar-refractivity contribution in [3.05, 3.63) is 60.2 Å². The van der Waals surface area contributed by atoms with Gasteiger partial charge in [0.15, 0.2) is 0 Å². The van der Waals surface area contributed by atoms with E-state index in [1.54, 1.807) is 18.2 Å². The van der Waals surface area contributed by atoms with Crippen molar-refractivity contribution in [3.63, 3.8) is 0 Å². The Morgan fingerprint density at radius 2 is 1.79 bits per heavy atom. The molecule has 2 rings (SSSR count). The fourth-order valence-corrected chi connectivity index (χ4v) is 1.98. The Kier molecular flexibility index (Phi) is 4.15. The molecule has 0 saturated carbocycles. The summed E-state index contributed by atoms with van der Waals surface area (Å²) in [5, 5.41) is 8.43. The number of nitrogens with zero attached hydrogens (tertiary/aromatic N) is 1.